The molecule has 6 heteroatoms. The fourth-order valence-corrected chi connectivity index (χ4v) is 2.27. The lowest BCUT2D eigenvalue weighted by molar-refractivity contribution is 0.461. The molecule has 1 aliphatic heterocycles. The molecule has 3 rings (SSSR count). The smallest absolute Gasteiger partial charge is 0.224 e. The van der Waals surface area contributed by atoms with Gasteiger partial charge in [-0.05, 0) is 12.1 Å². The van der Waals surface area contributed by atoms with E-state index in [4.69, 9.17) is 16.3 Å². The van der Waals surface area contributed by atoms with Gasteiger partial charge in [-0.15, -0.1) is 0 Å². The zero-order valence-corrected chi connectivity index (χ0v) is 11.7. The molecule has 0 bridgehead atoms. The van der Waals surface area contributed by atoms with E-state index in [9.17, 15) is 0 Å². The Morgan fingerprint density at radius 1 is 1.15 bits per heavy atom. The number of ether oxygens (including phenoxy) is 1. The molecule has 1 saturated heterocycles. The summed E-state index contributed by atoms with van der Waals surface area (Å²) in [5, 5.41) is 3.88. The number of aromatic nitrogens is 2. The minimum absolute atomic E-state index is 0.502. The number of anilines is 1. The number of nitrogens with zero attached hydrogens (tertiary/aromatic N) is 3. The number of nitrogens with one attached hydrogen (secondary N) is 1. The molecule has 0 aliphatic carbocycles. The second-order valence-corrected chi connectivity index (χ2v) is 4.89. The minimum Gasteiger partial charge on any atom is -0.437 e. The van der Waals surface area contributed by atoms with Crippen molar-refractivity contribution in [1.29, 1.82) is 0 Å². The van der Waals surface area contributed by atoms with Gasteiger partial charge in [0.15, 0.2) is 0 Å². The molecule has 1 aliphatic rings. The first-order valence-electron chi connectivity index (χ1n) is 6.53. The lowest BCUT2D eigenvalue weighted by Crippen LogP contribution is -2.43. The quantitative estimate of drug-likeness (QED) is 0.940. The number of halogens is 1. The van der Waals surface area contributed by atoms with Crippen LogP contribution in [-0.4, -0.2) is 36.1 Å². The molecule has 0 spiro atoms. The van der Waals surface area contributed by atoms with Gasteiger partial charge in [-0.1, -0.05) is 23.7 Å². The summed E-state index contributed by atoms with van der Waals surface area (Å²) < 4.78 is 5.72. The highest BCUT2D eigenvalue weighted by molar-refractivity contribution is 6.32. The van der Waals surface area contributed by atoms with Crippen LogP contribution in [0.1, 0.15) is 0 Å². The molecule has 0 saturated carbocycles. The van der Waals surface area contributed by atoms with Crippen LogP contribution >= 0.6 is 11.6 Å². The Balaban J connectivity index is 1.79. The molecule has 1 aromatic heterocycles. The molecule has 104 valence electrons. The highest BCUT2D eigenvalue weighted by atomic mass is 35.5. The third-order valence-corrected chi connectivity index (χ3v) is 3.43. The van der Waals surface area contributed by atoms with Gasteiger partial charge in [-0.2, -0.15) is 0 Å². The number of para-hydroxylation sites is 1. The van der Waals surface area contributed by atoms with E-state index in [1.807, 2.05) is 24.3 Å². The minimum atomic E-state index is 0.502. The van der Waals surface area contributed by atoms with Gasteiger partial charge < -0.3 is 15.0 Å². The van der Waals surface area contributed by atoms with Crippen molar-refractivity contribution in [3.05, 3.63) is 41.7 Å². The molecular weight excluding hydrogens is 276 g/mol. The van der Waals surface area contributed by atoms with Gasteiger partial charge in [0.2, 0.25) is 5.88 Å². The lowest BCUT2D eigenvalue weighted by atomic mass is 10.3. The molecular formula is C14H15ClN4O. The second-order valence-electron chi connectivity index (χ2n) is 4.48. The van der Waals surface area contributed by atoms with E-state index in [0.29, 0.717) is 16.7 Å². The summed E-state index contributed by atoms with van der Waals surface area (Å²) in [6.07, 6.45) is 1.52. The Labute approximate surface area is 122 Å². The first-order chi connectivity index (χ1) is 9.83. The van der Waals surface area contributed by atoms with E-state index < -0.39 is 0 Å². The molecule has 5 nitrogen and oxygen atoms in total. The third kappa shape index (κ3) is 3.00. The summed E-state index contributed by atoms with van der Waals surface area (Å²) in [4.78, 5) is 10.6. The maximum Gasteiger partial charge on any atom is 0.224 e. The van der Waals surface area contributed by atoms with Crippen LogP contribution in [0.15, 0.2) is 36.7 Å². The molecule has 1 aromatic carbocycles. The van der Waals surface area contributed by atoms with Crippen LogP contribution < -0.4 is 15.0 Å². The van der Waals surface area contributed by atoms with Crippen LogP contribution in [0.25, 0.3) is 0 Å². The summed E-state index contributed by atoms with van der Waals surface area (Å²) in [6, 6.07) is 9.18. The van der Waals surface area contributed by atoms with Crippen LogP contribution in [0, 0.1) is 0 Å². The van der Waals surface area contributed by atoms with Crippen molar-refractivity contribution in [3.8, 4) is 11.6 Å². The van der Waals surface area contributed by atoms with Gasteiger partial charge in [0.1, 0.15) is 17.9 Å². The summed E-state index contributed by atoms with van der Waals surface area (Å²) in [5.74, 6) is 1.98. The average molecular weight is 291 g/mol. The summed E-state index contributed by atoms with van der Waals surface area (Å²) >= 11 is 6.08. The largest absolute Gasteiger partial charge is 0.437 e. The van der Waals surface area contributed by atoms with E-state index in [1.54, 1.807) is 6.07 Å². The lowest BCUT2D eigenvalue weighted by Gasteiger charge is -2.28. The predicted molar refractivity (Wildman–Crippen MR) is 78.6 cm³/mol. The van der Waals surface area contributed by atoms with Crippen LogP contribution in [0.3, 0.4) is 0 Å². The van der Waals surface area contributed by atoms with Crippen molar-refractivity contribution in [2.45, 2.75) is 0 Å². The Kier molecular flexibility index (Phi) is 3.99. The third-order valence-electron chi connectivity index (χ3n) is 3.12. The van der Waals surface area contributed by atoms with E-state index in [0.717, 1.165) is 32.0 Å². The SMILES string of the molecule is Clc1ccccc1Oc1cc(N2CCNCC2)ncn1. The van der Waals surface area contributed by atoms with Crippen LogP contribution in [0.2, 0.25) is 5.02 Å². The summed E-state index contributed by atoms with van der Waals surface area (Å²) in [6.45, 7) is 3.79. The van der Waals surface area contributed by atoms with Gasteiger partial charge in [-0.25, -0.2) is 9.97 Å². The van der Waals surface area contributed by atoms with Gasteiger partial charge in [0, 0.05) is 32.2 Å². The van der Waals surface area contributed by atoms with E-state index in [2.05, 4.69) is 20.2 Å². The summed E-state index contributed by atoms with van der Waals surface area (Å²) in [7, 11) is 0. The molecule has 0 amide bonds. The average Bonchev–Trinajstić information content (AvgIpc) is 2.51. The maximum absolute atomic E-state index is 6.08. The number of benzene rings is 1. The monoisotopic (exact) mass is 290 g/mol. The fraction of sp³-hybridized carbons (Fsp3) is 0.286. The number of hydrogen-bond donors (Lipinski definition) is 1. The maximum atomic E-state index is 6.08. The van der Waals surface area contributed by atoms with Gasteiger partial charge in [0.05, 0.1) is 5.02 Å². The zero-order valence-electron chi connectivity index (χ0n) is 10.9. The van der Waals surface area contributed by atoms with Gasteiger partial charge in [0.25, 0.3) is 0 Å². The molecule has 0 atom stereocenters. The Hall–Kier alpha value is -1.85. The summed E-state index contributed by atoms with van der Waals surface area (Å²) in [5.41, 5.74) is 0. The van der Waals surface area contributed by atoms with Gasteiger partial charge in [-0.3, -0.25) is 0 Å². The van der Waals surface area contributed by atoms with E-state index in [1.165, 1.54) is 6.33 Å². The molecule has 2 heterocycles. The van der Waals surface area contributed by atoms with Crippen LogP contribution in [-0.2, 0) is 0 Å². The normalized spacial score (nSPS) is 15.2. The van der Waals surface area contributed by atoms with Crippen molar-refractivity contribution < 1.29 is 4.74 Å². The van der Waals surface area contributed by atoms with E-state index >= 15 is 0 Å². The highest BCUT2D eigenvalue weighted by Crippen LogP contribution is 2.28. The van der Waals surface area contributed by atoms with Crippen molar-refractivity contribution in [3.63, 3.8) is 0 Å². The fourth-order valence-electron chi connectivity index (χ4n) is 2.09. The highest BCUT2D eigenvalue weighted by Gasteiger charge is 2.13. The molecule has 0 radical (unpaired) electrons. The molecule has 2 aromatic rings. The standard InChI is InChI=1S/C14H15ClN4O/c15-11-3-1-2-4-12(11)20-14-9-13(17-10-18-14)19-7-5-16-6-8-19/h1-4,9-10,16H,5-8H2. The number of hydrogen-bond acceptors (Lipinski definition) is 5. The number of piperazine rings is 1. The topological polar surface area (TPSA) is 50.3 Å². The molecule has 1 N–H and O–H groups in total. The van der Waals surface area contributed by atoms with Crippen molar-refractivity contribution in [2.24, 2.45) is 0 Å². The Morgan fingerprint density at radius 3 is 2.75 bits per heavy atom. The van der Waals surface area contributed by atoms with E-state index in [-0.39, 0.29) is 0 Å². The van der Waals surface area contributed by atoms with Crippen LogP contribution in [0.5, 0.6) is 11.6 Å². The van der Waals surface area contributed by atoms with Crippen molar-refractivity contribution in [1.82, 2.24) is 15.3 Å². The second kappa shape index (κ2) is 6.07. The predicted octanol–water partition coefficient (Wildman–Crippen LogP) is 2.33. The molecule has 0 unspecified atom stereocenters. The Bertz CT molecular complexity index is 587. The first kappa shape index (κ1) is 13.1. The first-order valence-corrected chi connectivity index (χ1v) is 6.91. The van der Waals surface area contributed by atoms with Crippen molar-refractivity contribution >= 4 is 17.4 Å². The van der Waals surface area contributed by atoms with Gasteiger partial charge >= 0.3 is 0 Å². The molecule has 1 fully saturated rings. The van der Waals surface area contributed by atoms with Crippen molar-refractivity contribution in [2.75, 3.05) is 31.1 Å². The van der Waals surface area contributed by atoms with Crippen LogP contribution in [0.4, 0.5) is 5.82 Å². The Morgan fingerprint density at radius 2 is 1.95 bits per heavy atom. The number of rotatable bonds is 3. The molecule has 20 heavy (non-hydrogen) atoms. The zero-order chi connectivity index (χ0) is 13.8.